The van der Waals surface area contributed by atoms with Gasteiger partial charge < -0.3 is 10.6 Å². The minimum Gasteiger partial charge on any atom is -0.384 e. The summed E-state index contributed by atoms with van der Waals surface area (Å²) < 4.78 is 0. The maximum Gasteiger partial charge on any atom is 0.124 e. The van der Waals surface area contributed by atoms with Gasteiger partial charge in [0.05, 0.1) is 5.02 Å². The van der Waals surface area contributed by atoms with Gasteiger partial charge in [-0.2, -0.15) is 0 Å². The number of anilines is 1. The van der Waals surface area contributed by atoms with Gasteiger partial charge in [-0.1, -0.05) is 32.4 Å². The molecule has 3 N–H and O–H groups in total. The van der Waals surface area contributed by atoms with Gasteiger partial charge in [0.15, 0.2) is 0 Å². The molecule has 0 radical (unpaired) electrons. The maximum atomic E-state index is 7.50. The van der Waals surface area contributed by atoms with Crippen molar-refractivity contribution in [1.29, 1.82) is 5.41 Å². The molecule has 1 unspecified atom stereocenters. The molecule has 3 nitrogen and oxygen atoms in total. The first-order valence-corrected chi connectivity index (χ1v) is 8.05. The van der Waals surface area contributed by atoms with Crippen LogP contribution in [0.5, 0.6) is 0 Å². The van der Waals surface area contributed by atoms with Gasteiger partial charge in [0.1, 0.15) is 5.84 Å². The highest BCUT2D eigenvalue weighted by Crippen LogP contribution is 2.35. The van der Waals surface area contributed by atoms with E-state index < -0.39 is 0 Å². The quantitative estimate of drug-likeness (QED) is 0.633. The smallest absolute Gasteiger partial charge is 0.124 e. The van der Waals surface area contributed by atoms with E-state index in [0.29, 0.717) is 16.0 Å². The maximum absolute atomic E-state index is 7.50. The largest absolute Gasteiger partial charge is 0.384 e. The number of nitrogens with zero attached hydrogens (tertiary/aromatic N) is 1. The minimum absolute atomic E-state index is 0.0233. The molecule has 21 heavy (non-hydrogen) atoms. The molecular formula is C17H26ClN3. The van der Waals surface area contributed by atoms with Crippen molar-refractivity contribution in [1.82, 2.24) is 0 Å². The Kier molecular flexibility index (Phi) is 4.82. The van der Waals surface area contributed by atoms with Gasteiger partial charge in [0.25, 0.3) is 0 Å². The molecule has 1 aromatic rings. The van der Waals surface area contributed by atoms with Crippen molar-refractivity contribution < 1.29 is 0 Å². The number of amidine groups is 1. The second-order valence-corrected chi connectivity index (χ2v) is 7.47. The number of nitrogen functional groups attached to an aromatic ring is 1. The van der Waals surface area contributed by atoms with Gasteiger partial charge in [-0.3, -0.25) is 5.41 Å². The van der Waals surface area contributed by atoms with Gasteiger partial charge in [-0.15, -0.1) is 0 Å². The second kappa shape index (κ2) is 6.27. The van der Waals surface area contributed by atoms with Crippen LogP contribution >= 0.6 is 11.6 Å². The Hall–Kier alpha value is -1.22. The van der Waals surface area contributed by atoms with E-state index in [1.807, 2.05) is 18.2 Å². The Labute approximate surface area is 133 Å². The van der Waals surface area contributed by atoms with Crippen LogP contribution in [-0.2, 0) is 0 Å². The van der Waals surface area contributed by atoms with Gasteiger partial charge in [0.2, 0.25) is 0 Å². The molecular weight excluding hydrogens is 282 g/mol. The van der Waals surface area contributed by atoms with E-state index in [0.717, 1.165) is 24.7 Å². The third-order valence-electron chi connectivity index (χ3n) is 4.56. The molecule has 0 aromatic heterocycles. The van der Waals surface area contributed by atoms with Crippen molar-refractivity contribution >= 4 is 23.1 Å². The minimum atomic E-state index is 0.0233. The molecule has 1 atom stereocenters. The van der Waals surface area contributed by atoms with E-state index in [1.54, 1.807) is 0 Å². The predicted octanol–water partition coefficient (Wildman–Crippen LogP) is 4.28. The lowest BCUT2D eigenvalue weighted by molar-refractivity contribution is 0.220. The molecule has 1 fully saturated rings. The Morgan fingerprint density at radius 2 is 2.00 bits per heavy atom. The van der Waals surface area contributed by atoms with Crippen LogP contribution in [0.3, 0.4) is 0 Å². The van der Waals surface area contributed by atoms with E-state index in [2.05, 4.69) is 25.7 Å². The van der Waals surface area contributed by atoms with Crippen LogP contribution in [0.4, 0.5) is 5.69 Å². The van der Waals surface area contributed by atoms with Crippen molar-refractivity contribution in [3.05, 3.63) is 28.8 Å². The van der Waals surface area contributed by atoms with Crippen molar-refractivity contribution in [3.8, 4) is 0 Å². The molecule has 1 heterocycles. The van der Waals surface area contributed by atoms with Crippen LogP contribution in [0.1, 0.15) is 45.6 Å². The second-order valence-electron chi connectivity index (χ2n) is 7.06. The van der Waals surface area contributed by atoms with Crippen LogP contribution in [0.15, 0.2) is 18.2 Å². The van der Waals surface area contributed by atoms with Gasteiger partial charge in [-0.25, -0.2) is 0 Å². The molecule has 1 saturated heterocycles. The summed E-state index contributed by atoms with van der Waals surface area (Å²) in [4.78, 5) is 2.40. The van der Waals surface area contributed by atoms with Crippen LogP contribution in [-0.4, -0.2) is 18.9 Å². The first-order valence-electron chi connectivity index (χ1n) is 7.68. The summed E-state index contributed by atoms with van der Waals surface area (Å²) in [5.74, 6) is 0.796. The highest BCUT2D eigenvalue weighted by Gasteiger charge is 2.27. The van der Waals surface area contributed by atoms with Crippen molar-refractivity contribution in [3.63, 3.8) is 0 Å². The molecule has 0 amide bonds. The highest BCUT2D eigenvalue weighted by atomic mass is 35.5. The van der Waals surface area contributed by atoms with E-state index in [9.17, 15) is 0 Å². The average molecular weight is 308 g/mol. The highest BCUT2D eigenvalue weighted by molar-refractivity contribution is 6.34. The Morgan fingerprint density at radius 1 is 1.29 bits per heavy atom. The number of nitrogens with two attached hydrogens (primary N) is 1. The van der Waals surface area contributed by atoms with E-state index >= 15 is 0 Å². The number of rotatable bonds is 2. The lowest BCUT2D eigenvalue weighted by Gasteiger charge is -2.30. The molecule has 0 aliphatic carbocycles. The third kappa shape index (κ3) is 3.91. The molecule has 116 valence electrons. The zero-order valence-electron chi connectivity index (χ0n) is 13.2. The first kappa shape index (κ1) is 16.2. The van der Waals surface area contributed by atoms with Crippen LogP contribution in [0.25, 0.3) is 0 Å². The Morgan fingerprint density at radius 3 is 2.57 bits per heavy atom. The van der Waals surface area contributed by atoms with Gasteiger partial charge in [-0.05, 0) is 48.8 Å². The van der Waals surface area contributed by atoms with Crippen LogP contribution in [0, 0.1) is 16.7 Å². The monoisotopic (exact) mass is 307 g/mol. The zero-order valence-corrected chi connectivity index (χ0v) is 14.0. The van der Waals surface area contributed by atoms with Crippen molar-refractivity contribution in [2.24, 2.45) is 17.1 Å². The number of hydrogen-bond donors (Lipinski definition) is 2. The molecule has 1 aliphatic heterocycles. The molecule has 2 rings (SSSR count). The van der Waals surface area contributed by atoms with E-state index in [4.69, 9.17) is 22.7 Å². The SMILES string of the molecule is CC(C)(C)C1CCCN(c2ccc(C(=N)N)c(Cl)c2)CC1. The standard InChI is InChI=1S/C17H26ClN3/c1-17(2,3)12-5-4-9-21(10-8-12)13-6-7-14(16(19)20)15(18)11-13/h6-7,11-12H,4-5,8-10H2,1-3H3,(H3,19,20). The molecule has 1 aliphatic rings. The summed E-state index contributed by atoms with van der Waals surface area (Å²) in [6.45, 7) is 9.16. The van der Waals surface area contributed by atoms with E-state index in [-0.39, 0.29) is 5.84 Å². The fourth-order valence-electron chi connectivity index (χ4n) is 3.14. The summed E-state index contributed by atoms with van der Waals surface area (Å²) in [6.07, 6.45) is 3.73. The predicted molar refractivity (Wildman–Crippen MR) is 91.5 cm³/mol. The Bertz CT molecular complexity index is 519. The lowest BCUT2D eigenvalue weighted by atomic mass is 9.77. The Balaban J connectivity index is 2.13. The first-order chi connectivity index (χ1) is 9.79. The molecule has 0 saturated carbocycles. The molecule has 4 heteroatoms. The number of nitrogens with one attached hydrogen (secondary N) is 1. The topological polar surface area (TPSA) is 53.1 Å². The molecule has 1 aromatic carbocycles. The summed E-state index contributed by atoms with van der Waals surface area (Å²) in [5.41, 5.74) is 7.65. The van der Waals surface area contributed by atoms with Gasteiger partial charge >= 0.3 is 0 Å². The van der Waals surface area contributed by atoms with Crippen molar-refractivity contribution in [2.45, 2.75) is 40.0 Å². The number of hydrogen-bond acceptors (Lipinski definition) is 2. The number of halogens is 1. The fourth-order valence-corrected chi connectivity index (χ4v) is 3.42. The zero-order chi connectivity index (χ0) is 15.6. The third-order valence-corrected chi connectivity index (χ3v) is 4.87. The number of benzene rings is 1. The average Bonchev–Trinajstić information content (AvgIpc) is 2.63. The molecule has 0 bridgehead atoms. The fraction of sp³-hybridized carbons (Fsp3) is 0.588. The summed E-state index contributed by atoms with van der Waals surface area (Å²) >= 11 is 6.24. The van der Waals surface area contributed by atoms with Crippen molar-refractivity contribution in [2.75, 3.05) is 18.0 Å². The van der Waals surface area contributed by atoms with Gasteiger partial charge in [0, 0.05) is 24.3 Å². The molecule has 0 spiro atoms. The summed E-state index contributed by atoms with van der Waals surface area (Å²) in [6, 6.07) is 5.82. The normalized spacial score (nSPS) is 20.2. The van der Waals surface area contributed by atoms with E-state index in [1.165, 1.54) is 19.3 Å². The lowest BCUT2D eigenvalue weighted by Crippen LogP contribution is -2.26. The summed E-state index contributed by atoms with van der Waals surface area (Å²) in [5, 5.41) is 8.07. The summed E-state index contributed by atoms with van der Waals surface area (Å²) in [7, 11) is 0. The van der Waals surface area contributed by atoms with Crippen LogP contribution < -0.4 is 10.6 Å². The van der Waals surface area contributed by atoms with Crippen LogP contribution in [0.2, 0.25) is 5.02 Å².